The molecular formula is C7H12O3S. The number of Topliss-reactive ketones (excluding diaryl/α,β-unsaturated/α-hetero) is 1. The van der Waals surface area contributed by atoms with Gasteiger partial charge in [-0.15, -0.1) is 0 Å². The van der Waals surface area contributed by atoms with Gasteiger partial charge in [0.25, 0.3) is 0 Å². The molecule has 4 heteroatoms. The van der Waals surface area contributed by atoms with E-state index in [1.165, 1.54) is 6.92 Å². The van der Waals surface area contributed by atoms with E-state index in [1.54, 1.807) is 6.92 Å². The predicted octanol–water partition coefficient (Wildman–Crippen LogP) is 0.543. The molecule has 0 aromatic heterocycles. The SMILES string of the molecule is CCS(=O)(=O)C1(C(C)=O)CC1. The molecule has 0 unspecified atom stereocenters. The average Bonchev–Trinajstić information content (AvgIpc) is 2.66. The van der Waals surface area contributed by atoms with E-state index in [9.17, 15) is 13.2 Å². The van der Waals surface area contributed by atoms with E-state index in [0.29, 0.717) is 12.8 Å². The van der Waals surface area contributed by atoms with Crippen molar-refractivity contribution in [1.29, 1.82) is 0 Å². The molecule has 0 N–H and O–H groups in total. The lowest BCUT2D eigenvalue weighted by atomic mass is 10.3. The van der Waals surface area contributed by atoms with E-state index in [2.05, 4.69) is 0 Å². The summed E-state index contributed by atoms with van der Waals surface area (Å²) in [5, 5.41) is 0. The molecule has 11 heavy (non-hydrogen) atoms. The van der Waals surface area contributed by atoms with Gasteiger partial charge in [0.05, 0.1) is 0 Å². The summed E-state index contributed by atoms with van der Waals surface area (Å²) < 4.78 is 21.6. The summed E-state index contributed by atoms with van der Waals surface area (Å²) in [5.41, 5.74) is 0. The van der Waals surface area contributed by atoms with Gasteiger partial charge in [0, 0.05) is 5.75 Å². The van der Waals surface area contributed by atoms with E-state index in [1.807, 2.05) is 0 Å². The lowest BCUT2D eigenvalue weighted by Gasteiger charge is -2.09. The minimum absolute atomic E-state index is 0.0760. The zero-order valence-corrected chi connectivity index (χ0v) is 7.57. The number of carbonyl (C=O) groups is 1. The molecule has 0 aliphatic heterocycles. The molecule has 1 aliphatic rings. The summed E-state index contributed by atoms with van der Waals surface area (Å²) in [6.07, 6.45) is 1.05. The maximum atomic E-state index is 11.3. The van der Waals surface area contributed by atoms with Crippen molar-refractivity contribution in [3.8, 4) is 0 Å². The van der Waals surface area contributed by atoms with Crippen LogP contribution in [0.3, 0.4) is 0 Å². The fraction of sp³-hybridized carbons (Fsp3) is 0.857. The van der Waals surface area contributed by atoms with Crippen LogP contribution in [0.1, 0.15) is 26.7 Å². The van der Waals surface area contributed by atoms with Crippen LogP contribution in [0.15, 0.2) is 0 Å². The van der Waals surface area contributed by atoms with Crippen LogP contribution in [0.5, 0.6) is 0 Å². The Morgan fingerprint density at radius 1 is 1.45 bits per heavy atom. The minimum Gasteiger partial charge on any atom is -0.298 e. The van der Waals surface area contributed by atoms with E-state index in [4.69, 9.17) is 0 Å². The van der Waals surface area contributed by atoms with Crippen LogP contribution in [0.2, 0.25) is 0 Å². The minimum atomic E-state index is -3.14. The standard InChI is InChI=1S/C7H12O3S/c1-3-11(9,10)7(4-5-7)6(2)8/h3-5H2,1-2H3. The van der Waals surface area contributed by atoms with Gasteiger partial charge in [-0.05, 0) is 19.8 Å². The molecule has 1 saturated carbocycles. The van der Waals surface area contributed by atoms with Crippen LogP contribution in [-0.2, 0) is 14.6 Å². The molecule has 0 heterocycles. The first-order chi connectivity index (χ1) is 4.96. The molecule has 0 radical (unpaired) electrons. The summed E-state index contributed by atoms with van der Waals surface area (Å²) in [6.45, 7) is 2.94. The third kappa shape index (κ3) is 1.09. The molecule has 0 aromatic carbocycles. The topological polar surface area (TPSA) is 51.2 Å². The normalized spacial score (nSPS) is 21.3. The van der Waals surface area contributed by atoms with Crippen LogP contribution in [0.25, 0.3) is 0 Å². The third-order valence-electron chi connectivity index (χ3n) is 2.32. The van der Waals surface area contributed by atoms with Gasteiger partial charge in [-0.25, -0.2) is 8.42 Å². The number of ketones is 1. The second-order valence-electron chi connectivity index (χ2n) is 2.95. The van der Waals surface area contributed by atoms with Crippen molar-refractivity contribution in [2.45, 2.75) is 31.4 Å². The van der Waals surface area contributed by atoms with Gasteiger partial charge in [-0.3, -0.25) is 4.79 Å². The average molecular weight is 176 g/mol. The first-order valence-electron chi connectivity index (χ1n) is 3.69. The number of sulfone groups is 1. The lowest BCUT2D eigenvalue weighted by molar-refractivity contribution is -0.117. The Hall–Kier alpha value is -0.380. The Bertz CT molecular complexity index is 272. The maximum Gasteiger partial charge on any atom is 0.162 e. The van der Waals surface area contributed by atoms with Crippen molar-refractivity contribution in [2.24, 2.45) is 0 Å². The van der Waals surface area contributed by atoms with Crippen LogP contribution >= 0.6 is 0 Å². The molecule has 0 aromatic rings. The number of carbonyl (C=O) groups excluding carboxylic acids is 1. The van der Waals surface area contributed by atoms with Gasteiger partial charge in [-0.2, -0.15) is 0 Å². The smallest absolute Gasteiger partial charge is 0.162 e. The molecule has 1 fully saturated rings. The van der Waals surface area contributed by atoms with Crippen molar-refractivity contribution < 1.29 is 13.2 Å². The first-order valence-corrected chi connectivity index (χ1v) is 5.35. The predicted molar refractivity (Wildman–Crippen MR) is 42.1 cm³/mol. The Kier molecular flexibility index (Phi) is 1.82. The highest BCUT2D eigenvalue weighted by molar-refractivity contribution is 7.93. The Labute approximate surface area is 66.7 Å². The van der Waals surface area contributed by atoms with Gasteiger partial charge in [0.2, 0.25) is 0 Å². The molecule has 3 nitrogen and oxygen atoms in total. The number of hydrogen-bond donors (Lipinski definition) is 0. The fourth-order valence-electron chi connectivity index (χ4n) is 1.27. The Balaban J connectivity index is 3.00. The van der Waals surface area contributed by atoms with Gasteiger partial charge in [0.1, 0.15) is 4.75 Å². The quantitative estimate of drug-likeness (QED) is 0.630. The molecule has 0 atom stereocenters. The highest BCUT2D eigenvalue weighted by Gasteiger charge is 2.57. The van der Waals surface area contributed by atoms with Crippen molar-refractivity contribution in [3.05, 3.63) is 0 Å². The zero-order valence-electron chi connectivity index (χ0n) is 6.75. The summed E-state index contributed by atoms with van der Waals surface area (Å²) in [5.74, 6) is -0.119. The summed E-state index contributed by atoms with van der Waals surface area (Å²) in [7, 11) is -3.14. The zero-order chi connectivity index (χ0) is 8.70. The summed E-state index contributed by atoms with van der Waals surface area (Å²) >= 11 is 0. The second kappa shape index (κ2) is 2.30. The van der Waals surface area contributed by atoms with Crippen LogP contribution in [-0.4, -0.2) is 24.7 Å². The van der Waals surface area contributed by atoms with Gasteiger partial charge >= 0.3 is 0 Å². The number of rotatable bonds is 3. The summed E-state index contributed by atoms with van der Waals surface area (Å²) in [6, 6.07) is 0. The molecule has 0 amide bonds. The van der Waals surface area contributed by atoms with E-state index in [0.717, 1.165) is 0 Å². The highest BCUT2D eigenvalue weighted by atomic mass is 32.2. The van der Waals surface area contributed by atoms with Crippen molar-refractivity contribution in [3.63, 3.8) is 0 Å². The van der Waals surface area contributed by atoms with E-state index < -0.39 is 14.6 Å². The maximum absolute atomic E-state index is 11.3. The molecular weight excluding hydrogens is 164 g/mol. The molecule has 0 saturated heterocycles. The van der Waals surface area contributed by atoms with Crippen LogP contribution < -0.4 is 0 Å². The molecule has 64 valence electrons. The van der Waals surface area contributed by atoms with E-state index >= 15 is 0 Å². The monoisotopic (exact) mass is 176 g/mol. The highest BCUT2D eigenvalue weighted by Crippen LogP contribution is 2.44. The van der Waals surface area contributed by atoms with Gasteiger partial charge < -0.3 is 0 Å². The second-order valence-corrected chi connectivity index (χ2v) is 5.54. The largest absolute Gasteiger partial charge is 0.298 e. The third-order valence-corrected chi connectivity index (χ3v) is 4.97. The Morgan fingerprint density at radius 3 is 2.00 bits per heavy atom. The van der Waals surface area contributed by atoms with Crippen LogP contribution in [0.4, 0.5) is 0 Å². The van der Waals surface area contributed by atoms with Gasteiger partial charge in [0.15, 0.2) is 15.6 Å². The van der Waals surface area contributed by atoms with Crippen molar-refractivity contribution in [2.75, 3.05) is 5.75 Å². The number of hydrogen-bond acceptors (Lipinski definition) is 3. The molecule has 1 aliphatic carbocycles. The van der Waals surface area contributed by atoms with E-state index in [-0.39, 0.29) is 11.5 Å². The molecule has 0 spiro atoms. The van der Waals surface area contributed by atoms with Crippen LogP contribution in [0, 0.1) is 0 Å². The molecule has 0 bridgehead atoms. The van der Waals surface area contributed by atoms with Gasteiger partial charge in [-0.1, -0.05) is 6.92 Å². The van der Waals surface area contributed by atoms with Crippen molar-refractivity contribution >= 4 is 15.6 Å². The first kappa shape index (κ1) is 8.71. The lowest BCUT2D eigenvalue weighted by Crippen LogP contribution is -2.31. The summed E-state index contributed by atoms with van der Waals surface area (Å²) in [4.78, 5) is 11.0. The fourth-order valence-corrected chi connectivity index (χ4v) is 2.99. The Morgan fingerprint density at radius 2 is 1.91 bits per heavy atom. The molecule has 1 rings (SSSR count). The van der Waals surface area contributed by atoms with Crippen molar-refractivity contribution in [1.82, 2.24) is 0 Å².